The van der Waals surface area contributed by atoms with Crippen molar-refractivity contribution < 1.29 is 9.16 Å². The predicted octanol–water partition coefficient (Wildman–Crippen LogP) is 4.89. The predicted molar refractivity (Wildman–Crippen MR) is 110 cm³/mol. The summed E-state index contributed by atoms with van der Waals surface area (Å²) in [5.74, 6) is 0. The van der Waals surface area contributed by atoms with E-state index in [0.717, 1.165) is 25.3 Å². The minimum Gasteiger partial charge on any atom is -0.412 e. The topological polar surface area (TPSA) is 36.3 Å². The van der Waals surface area contributed by atoms with E-state index in [0.29, 0.717) is 6.61 Å². The van der Waals surface area contributed by atoms with Crippen LogP contribution in [0.15, 0.2) is 36.7 Å². The number of imidazole rings is 1. The fourth-order valence-corrected chi connectivity index (χ4v) is 4.14. The van der Waals surface area contributed by atoms with Gasteiger partial charge in [0, 0.05) is 13.2 Å². The Morgan fingerprint density at radius 1 is 1.15 bits per heavy atom. The molecule has 0 saturated heterocycles. The van der Waals surface area contributed by atoms with Gasteiger partial charge in [0.05, 0.1) is 30.4 Å². The Labute approximate surface area is 160 Å². The highest BCUT2D eigenvalue weighted by atomic mass is 28.3. The van der Waals surface area contributed by atoms with Gasteiger partial charge in [0.1, 0.15) is 0 Å². The smallest absolute Gasteiger partial charge is 0.171 e. The Kier molecular flexibility index (Phi) is 7.62. The van der Waals surface area contributed by atoms with Crippen molar-refractivity contribution in [3.63, 3.8) is 0 Å². The molecule has 2 aromatic rings. The third-order valence-corrected chi connectivity index (χ3v) is 5.13. The molecule has 0 aliphatic rings. The number of hydrogen-bond donors (Lipinski definition) is 0. The Morgan fingerprint density at radius 2 is 1.85 bits per heavy atom. The molecule has 1 aromatic carbocycles. The van der Waals surface area contributed by atoms with E-state index in [1.165, 1.54) is 11.3 Å². The molecule has 0 fully saturated rings. The summed E-state index contributed by atoms with van der Waals surface area (Å²) in [7, 11) is -1.15. The van der Waals surface area contributed by atoms with Gasteiger partial charge in [-0.3, -0.25) is 0 Å². The van der Waals surface area contributed by atoms with Crippen LogP contribution in [0.5, 0.6) is 0 Å². The van der Waals surface area contributed by atoms with E-state index in [4.69, 9.17) is 9.16 Å². The Bertz CT molecular complexity index is 662. The quantitative estimate of drug-likeness (QED) is 0.463. The van der Waals surface area contributed by atoms with E-state index >= 15 is 0 Å². The van der Waals surface area contributed by atoms with Gasteiger partial charge in [0.15, 0.2) is 9.04 Å². The van der Waals surface area contributed by atoms with E-state index in [2.05, 4.69) is 62.5 Å². The first-order valence-corrected chi connectivity index (χ1v) is 12.4. The number of benzene rings is 1. The number of rotatable bonds is 9. The third-order valence-electron chi connectivity index (χ3n) is 4.31. The van der Waals surface area contributed by atoms with Crippen molar-refractivity contribution in [2.24, 2.45) is 5.41 Å². The summed E-state index contributed by atoms with van der Waals surface area (Å²) < 4.78 is 14.5. The van der Waals surface area contributed by atoms with Gasteiger partial charge in [-0.1, -0.05) is 51.1 Å². The first-order valence-electron chi connectivity index (χ1n) is 9.57. The van der Waals surface area contributed by atoms with Crippen LogP contribution in [0.1, 0.15) is 50.2 Å². The molecule has 1 atom stereocenters. The lowest BCUT2D eigenvalue weighted by molar-refractivity contribution is 0.0769. The summed E-state index contributed by atoms with van der Waals surface area (Å²) in [5.41, 5.74) is 3.56. The number of aryl methyl sites for hydroxylation is 2. The van der Waals surface area contributed by atoms with E-state index in [9.17, 15) is 0 Å². The van der Waals surface area contributed by atoms with Crippen molar-refractivity contribution in [2.45, 2.75) is 66.5 Å². The van der Waals surface area contributed by atoms with Gasteiger partial charge in [-0.2, -0.15) is 0 Å². The Morgan fingerprint density at radius 3 is 2.46 bits per heavy atom. The second-order valence-corrected chi connectivity index (χ2v) is 10.6. The molecule has 0 amide bonds. The van der Waals surface area contributed by atoms with E-state index in [1.807, 2.05) is 24.5 Å². The van der Waals surface area contributed by atoms with Crippen LogP contribution < -0.4 is 0 Å². The van der Waals surface area contributed by atoms with Crippen LogP contribution in [-0.2, 0) is 22.3 Å². The average molecular weight is 375 g/mol. The molecule has 1 unspecified atom stereocenters. The van der Waals surface area contributed by atoms with Crippen LogP contribution in [0.2, 0.25) is 13.1 Å². The highest BCUT2D eigenvalue weighted by molar-refractivity contribution is 6.48. The highest BCUT2D eigenvalue weighted by Crippen LogP contribution is 2.38. The molecule has 0 saturated carbocycles. The monoisotopic (exact) mass is 374 g/mol. The summed E-state index contributed by atoms with van der Waals surface area (Å²) in [4.78, 5) is 4.56. The van der Waals surface area contributed by atoms with Crippen molar-refractivity contribution >= 4 is 9.04 Å². The molecule has 1 aromatic heterocycles. The van der Waals surface area contributed by atoms with Gasteiger partial charge in [-0.05, 0) is 37.4 Å². The number of hydrogen-bond acceptors (Lipinski definition) is 3. The van der Waals surface area contributed by atoms with E-state index < -0.39 is 9.04 Å². The maximum atomic E-state index is 6.41. The average Bonchev–Trinajstić information content (AvgIpc) is 2.92. The van der Waals surface area contributed by atoms with Gasteiger partial charge in [0.25, 0.3) is 0 Å². The lowest BCUT2D eigenvalue weighted by Crippen LogP contribution is -2.28. The lowest BCUT2D eigenvalue weighted by atomic mass is 9.86. The minimum atomic E-state index is -1.15. The molecule has 144 valence electrons. The normalized spacial score (nSPS) is 13.3. The molecule has 26 heavy (non-hydrogen) atoms. The summed E-state index contributed by atoms with van der Waals surface area (Å²) in [6.45, 7) is 15.6. The molecular formula is C21H34N2O2Si. The highest BCUT2D eigenvalue weighted by Gasteiger charge is 2.32. The first-order chi connectivity index (χ1) is 12.3. The fraction of sp³-hybridized carbons (Fsp3) is 0.571. The molecular weight excluding hydrogens is 340 g/mol. The zero-order valence-electron chi connectivity index (χ0n) is 17.2. The van der Waals surface area contributed by atoms with Crippen LogP contribution in [0.4, 0.5) is 0 Å². The summed E-state index contributed by atoms with van der Waals surface area (Å²) in [6, 6.07) is 10.3. The van der Waals surface area contributed by atoms with Gasteiger partial charge < -0.3 is 13.7 Å². The molecule has 1 heterocycles. The van der Waals surface area contributed by atoms with Gasteiger partial charge in [0.2, 0.25) is 0 Å². The van der Waals surface area contributed by atoms with Crippen LogP contribution in [0.25, 0.3) is 0 Å². The maximum absolute atomic E-state index is 6.41. The number of ether oxygens (including phenoxy) is 1. The molecule has 0 N–H and O–H groups in total. The second-order valence-electron chi connectivity index (χ2n) is 8.23. The zero-order valence-corrected chi connectivity index (χ0v) is 18.3. The molecule has 0 aliphatic carbocycles. The molecule has 4 nitrogen and oxygen atoms in total. The molecule has 0 radical (unpaired) electrons. The van der Waals surface area contributed by atoms with Crippen molar-refractivity contribution in [1.29, 1.82) is 0 Å². The standard InChI is InChI=1S/C21H34N2O2Si/c1-17-19(20(21(2,3)4)25-26(5)6)23(16-22-17)13-10-14-24-15-18-11-8-7-9-12-18/h7-9,11-12,16,20,26H,10,13-15H2,1-6H3. The molecule has 2 rings (SSSR count). The Balaban J connectivity index is 1.95. The van der Waals surface area contributed by atoms with E-state index in [1.54, 1.807) is 0 Å². The lowest BCUT2D eigenvalue weighted by Gasteiger charge is -2.33. The molecule has 0 aliphatic heterocycles. The van der Waals surface area contributed by atoms with Gasteiger partial charge >= 0.3 is 0 Å². The van der Waals surface area contributed by atoms with E-state index in [-0.39, 0.29) is 11.5 Å². The second kappa shape index (κ2) is 9.49. The van der Waals surface area contributed by atoms with Gasteiger partial charge in [-0.15, -0.1) is 0 Å². The van der Waals surface area contributed by atoms with Crippen LogP contribution in [0.3, 0.4) is 0 Å². The first kappa shape index (κ1) is 20.9. The third kappa shape index (κ3) is 6.08. The zero-order chi connectivity index (χ0) is 19.2. The number of aromatic nitrogens is 2. The van der Waals surface area contributed by atoms with Crippen molar-refractivity contribution in [3.05, 3.63) is 53.6 Å². The minimum absolute atomic E-state index is 0.0453. The maximum Gasteiger partial charge on any atom is 0.171 e. The molecule has 0 spiro atoms. The van der Waals surface area contributed by atoms with Crippen LogP contribution in [0, 0.1) is 12.3 Å². The van der Waals surface area contributed by atoms with Crippen LogP contribution >= 0.6 is 0 Å². The molecule has 0 bridgehead atoms. The summed E-state index contributed by atoms with van der Waals surface area (Å²) >= 11 is 0. The Hall–Kier alpha value is -1.43. The van der Waals surface area contributed by atoms with Crippen molar-refractivity contribution in [2.75, 3.05) is 6.61 Å². The van der Waals surface area contributed by atoms with Crippen molar-refractivity contribution in [1.82, 2.24) is 9.55 Å². The largest absolute Gasteiger partial charge is 0.412 e. The fourth-order valence-electron chi connectivity index (χ4n) is 3.06. The number of nitrogens with zero attached hydrogens (tertiary/aromatic N) is 2. The summed E-state index contributed by atoms with van der Waals surface area (Å²) in [6.07, 6.45) is 3.00. The van der Waals surface area contributed by atoms with Gasteiger partial charge in [-0.25, -0.2) is 4.98 Å². The van der Waals surface area contributed by atoms with Crippen molar-refractivity contribution in [3.8, 4) is 0 Å². The molecule has 5 heteroatoms. The SMILES string of the molecule is Cc1ncn(CCCOCc2ccccc2)c1C(O[SiH](C)C)C(C)(C)C. The van der Waals surface area contributed by atoms with Crippen LogP contribution in [-0.4, -0.2) is 25.2 Å². The summed E-state index contributed by atoms with van der Waals surface area (Å²) in [5, 5.41) is 0.